The van der Waals surface area contributed by atoms with E-state index in [1.54, 1.807) is 4.90 Å². The van der Waals surface area contributed by atoms with Crippen molar-refractivity contribution in [1.29, 1.82) is 0 Å². The fraction of sp³-hybridized carbons (Fsp3) is 0.500. The minimum atomic E-state index is -0.666. The molecular formula is C16H19F2N3O2. The lowest BCUT2D eigenvalue weighted by Gasteiger charge is -2.31. The van der Waals surface area contributed by atoms with Gasteiger partial charge in [0.25, 0.3) is 0 Å². The maximum Gasteiger partial charge on any atom is 0.317 e. The van der Waals surface area contributed by atoms with Gasteiger partial charge < -0.3 is 15.5 Å². The predicted molar refractivity (Wildman–Crippen MR) is 80.8 cm³/mol. The first-order valence-electron chi connectivity index (χ1n) is 7.84. The normalized spacial score (nSPS) is 18.6. The first-order valence-corrected chi connectivity index (χ1v) is 7.84. The Bertz CT molecular complexity index is 611. The number of amides is 3. The number of carbonyl (C=O) groups is 2. The second-order valence-corrected chi connectivity index (χ2v) is 6.10. The van der Waals surface area contributed by atoms with Crippen LogP contribution >= 0.6 is 0 Å². The number of likely N-dealkylation sites (tertiary alicyclic amines) is 1. The molecule has 1 heterocycles. The van der Waals surface area contributed by atoms with Crippen LogP contribution in [0.2, 0.25) is 0 Å². The van der Waals surface area contributed by atoms with E-state index in [2.05, 4.69) is 10.6 Å². The molecule has 1 saturated carbocycles. The van der Waals surface area contributed by atoms with E-state index >= 15 is 0 Å². The average molecular weight is 323 g/mol. The molecule has 1 aromatic rings. The van der Waals surface area contributed by atoms with E-state index in [1.165, 1.54) is 0 Å². The van der Waals surface area contributed by atoms with E-state index in [-0.39, 0.29) is 23.5 Å². The van der Waals surface area contributed by atoms with E-state index in [0.717, 1.165) is 31.0 Å². The first-order chi connectivity index (χ1) is 11.0. The number of benzene rings is 1. The number of hydrogen-bond acceptors (Lipinski definition) is 2. The van der Waals surface area contributed by atoms with E-state index < -0.39 is 11.6 Å². The summed E-state index contributed by atoms with van der Waals surface area (Å²) in [4.78, 5) is 25.8. The summed E-state index contributed by atoms with van der Waals surface area (Å²) >= 11 is 0. The molecule has 1 saturated heterocycles. The second-order valence-electron chi connectivity index (χ2n) is 6.10. The summed E-state index contributed by atoms with van der Waals surface area (Å²) in [6.07, 6.45) is 3.09. The topological polar surface area (TPSA) is 61.4 Å². The average Bonchev–Trinajstić information content (AvgIpc) is 3.35. The van der Waals surface area contributed by atoms with Crippen LogP contribution < -0.4 is 10.6 Å². The smallest absolute Gasteiger partial charge is 0.317 e. The maximum atomic E-state index is 13.5. The third-order valence-corrected chi connectivity index (χ3v) is 4.24. The van der Waals surface area contributed by atoms with Crippen molar-refractivity contribution in [2.24, 2.45) is 5.92 Å². The molecule has 23 heavy (non-hydrogen) atoms. The van der Waals surface area contributed by atoms with Crippen LogP contribution in [0, 0.1) is 17.6 Å². The van der Waals surface area contributed by atoms with Crippen molar-refractivity contribution in [3.05, 3.63) is 29.8 Å². The molecule has 0 aromatic heterocycles. The maximum absolute atomic E-state index is 13.5. The van der Waals surface area contributed by atoms with Crippen molar-refractivity contribution < 1.29 is 18.4 Å². The molecule has 0 spiro atoms. The number of halogens is 2. The van der Waals surface area contributed by atoms with Crippen molar-refractivity contribution in [2.45, 2.75) is 31.7 Å². The van der Waals surface area contributed by atoms with Gasteiger partial charge in [-0.2, -0.15) is 0 Å². The van der Waals surface area contributed by atoms with Gasteiger partial charge in [-0.15, -0.1) is 0 Å². The van der Waals surface area contributed by atoms with E-state index in [9.17, 15) is 18.4 Å². The quantitative estimate of drug-likeness (QED) is 0.898. The van der Waals surface area contributed by atoms with Gasteiger partial charge in [0.2, 0.25) is 5.91 Å². The molecule has 0 unspecified atom stereocenters. The van der Waals surface area contributed by atoms with Gasteiger partial charge in [-0.1, -0.05) is 0 Å². The standard InChI is InChI=1S/C16H19F2N3O2/c17-11-1-4-13(18)14(9-11)20-15(22)10-5-7-21(8-6-10)16(23)19-12-2-3-12/h1,4,9-10,12H,2-3,5-8H2,(H,19,23)(H,20,22). The Morgan fingerprint density at radius 2 is 1.78 bits per heavy atom. The summed E-state index contributed by atoms with van der Waals surface area (Å²) in [5, 5.41) is 5.35. The van der Waals surface area contributed by atoms with Crippen LogP contribution in [0.3, 0.4) is 0 Å². The van der Waals surface area contributed by atoms with Gasteiger partial charge >= 0.3 is 6.03 Å². The van der Waals surface area contributed by atoms with Gasteiger partial charge in [0.05, 0.1) is 5.69 Å². The molecular weight excluding hydrogens is 304 g/mol. The minimum Gasteiger partial charge on any atom is -0.335 e. The molecule has 1 aliphatic heterocycles. The molecule has 2 fully saturated rings. The van der Waals surface area contributed by atoms with Crippen LogP contribution in [0.4, 0.5) is 19.3 Å². The summed E-state index contributed by atoms with van der Waals surface area (Å²) in [6.45, 7) is 0.977. The number of urea groups is 1. The molecule has 3 amide bonds. The lowest BCUT2D eigenvalue weighted by atomic mass is 9.96. The zero-order valence-corrected chi connectivity index (χ0v) is 12.6. The SMILES string of the molecule is O=C(Nc1cc(F)ccc1F)C1CCN(C(=O)NC2CC2)CC1. The number of piperidine rings is 1. The van der Waals surface area contributed by atoms with E-state index in [4.69, 9.17) is 0 Å². The van der Waals surface area contributed by atoms with Gasteiger partial charge in [0, 0.05) is 31.1 Å². The zero-order valence-electron chi connectivity index (χ0n) is 12.6. The van der Waals surface area contributed by atoms with Crippen LogP contribution in [0.5, 0.6) is 0 Å². The molecule has 0 radical (unpaired) electrons. The highest BCUT2D eigenvalue weighted by Crippen LogP contribution is 2.23. The van der Waals surface area contributed by atoms with E-state index in [0.29, 0.717) is 32.0 Å². The number of rotatable bonds is 3. The number of nitrogens with zero attached hydrogens (tertiary/aromatic N) is 1. The van der Waals surface area contributed by atoms with Crippen LogP contribution in [0.1, 0.15) is 25.7 Å². The van der Waals surface area contributed by atoms with Crippen molar-refractivity contribution in [2.75, 3.05) is 18.4 Å². The van der Waals surface area contributed by atoms with Crippen molar-refractivity contribution >= 4 is 17.6 Å². The third-order valence-electron chi connectivity index (χ3n) is 4.24. The fourth-order valence-electron chi connectivity index (χ4n) is 2.67. The Kier molecular flexibility index (Phi) is 4.45. The second kappa shape index (κ2) is 6.52. The highest BCUT2D eigenvalue weighted by molar-refractivity contribution is 5.92. The third kappa shape index (κ3) is 3.97. The number of nitrogens with one attached hydrogen (secondary N) is 2. The summed E-state index contributed by atoms with van der Waals surface area (Å²) < 4.78 is 26.7. The van der Waals surface area contributed by atoms with Crippen LogP contribution in [-0.4, -0.2) is 36.0 Å². The lowest BCUT2D eigenvalue weighted by molar-refractivity contribution is -0.121. The van der Waals surface area contributed by atoms with Gasteiger partial charge in [0.15, 0.2) is 0 Å². The molecule has 2 N–H and O–H groups in total. The molecule has 124 valence electrons. The first kappa shape index (κ1) is 15.7. The van der Waals surface area contributed by atoms with Gasteiger partial charge in [-0.05, 0) is 37.8 Å². The molecule has 0 atom stereocenters. The molecule has 7 heteroatoms. The van der Waals surface area contributed by atoms with Gasteiger partial charge in [-0.3, -0.25) is 4.79 Å². The number of carbonyl (C=O) groups excluding carboxylic acids is 2. The summed E-state index contributed by atoms with van der Waals surface area (Å²) in [5.41, 5.74) is -0.149. The summed E-state index contributed by atoms with van der Waals surface area (Å²) in [6, 6.07) is 3.17. The molecule has 2 aliphatic rings. The van der Waals surface area contributed by atoms with Crippen molar-refractivity contribution in [3.8, 4) is 0 Å². The van der Waals surface area contributed by atoms with Crippen LogP contribution in [-0.2, 0) is 4.79 Å². The van der Waals surface area contributed by atoms with Crippen molar-refractivity contribution in [1.82, 2.24) is 10.2 Å². The molecule has 5 nitrogen and oxygen atoms in total. The Labute approximate surface area is 133 Å². The highest BCUT2D eigenvalue weighted by atomic mass is 19.1. The number of anilines is 1. The van der Waals surface area contributed by atoms with Gasteiger partial charge in [-0.25, -0.2) is 13.6 Å². The molecule has 3 rings (SSSR count). The minimum absolute atomic E-state index is 0.0810. The largest absolute Gasteiger partial charge is 0.335 e. The number of hydrogen-bond donors (Lipinski definition) is 2. The highest BCUT2D eigenvalue weighted by Gasteiger charge is 2.30. The Morgan fingerprint density at radius 1 is 1.09 bits per heavy atom. The Hall–Kier alpha value is -2.18. The summed E-state index contributed by atoms with van der Waals surface area (Å²) in [7, 11) is 0. The fourth-order valence-corrected chi connectivity index (χ4v) is 2.67. The van der Waals surface area contributed by atoms with Crippen molar-refractivity contribution in [3.63, 3.8) is 0 Å². The molecule has 1 aliphatic carbocycles. The monoisotopic (exact) mass is 323 g/mol. The molecule has 1 aromatic carbocycles. The predicted octanol–water partition coefficient (Wildman–Crippen LogP) is 2.49. The molecule has 0 bridgehead atoms. The van der Waals surface area contributed by atoms with Crippen LogP contribution in [0.15, 0.2) is 18.2 Å². The lowest BCUT2D eigenvalue weighted by Crippen LogP contribution is -2.46. The Morgan fingerprint density at radius 3 is 2.43 bits per heavy atom. The summed E-state index contributed by atoms with van der Waals surface area (Å²) in [5.74, 6) is -1.91. The Balaban J connectivity index is 1.51. The zero-order chi connectivity index (χ0) is 16.4. The van der Waals surface area contributed by atoms with Gasteiger partial charge in [0.1, 0.15) is 11.6 Å². The van der Waals surface area contributed by atoms with Crippen LogP contribution in [0.25, 0.3) is 0 Å². The van der Waals surface area contributed by atoms with E-state index in [1.807, 2.05) is 0 Å².